The quantitative estimate of drug-likeness (QED) is 0.365. The van der Waals surface area contributed by atoms with Crippen LogP contribution in [0.15, 0.2) is 48.6 Å². The van der Waals surface area contributed by atoms with Crippen molar-refractivity contribution in [2.24, 2.45) is 5.92 Å². The van der Waals surface area contributed by atoms with Crippen LogP contribution in [-0.2, 0) is 9.53 Å². The average Bonchev–Trinajstić information content (AvgIpc) is 2.62. The minimum Gasteiger partial charge on any atom is -0.491 e. The van der Waals surface area contributed by atoms with Crippen LogP contribution in [0, 0.1) is 5.92 Å². The van der Waals surface area contributed by atoms with E-state index in [0.717, 1.165) is 18.4 Å². The molecule has 25 heavy (non-hydrogen) atoms. The molecule has 0 aliphatic heterocycles. The fourth-order valence-corrected chi connectivity index (χ4v) is 2.27. The molecule has 0 fully saturated rings. The average molecular weight is 348 g/mol. The molecule has 0 bridgehead atoms. The largest absolute Gasteiger partial charge is 0.491 e. The molecule has 138 valence electrons. The van der Waals surface area contributed by atoms with Gasteiger partial charge in [-0.2, -0.15) is 0 Å². The Kier molecular flexibility index (Phi) is 10.3. The minimum absolute atomic E-state index is 0.0239. The summed E-state index contributed by atoms with van der Waals surface area (Å²) in [5.74, 6) is 0.430. The van der Waals surface area contributed by atoms with Crippen molar-refractivity contribution in [3.63, 3.8) is 0 Å². The molecule has 0 aromatic heterocycles. The molecule has 0 amide bonds. The summed E-state index contributed by atoms with van der Waals surface area (Å²) in [5, 5.41) is 19.1. The molecule has 0 spiro atoms. The van der Waals surface area contributed by atoms with Gasteiger partial charge < -0.3 is 19.7 Å². The van der Waals surface area contributed by atoms with Gasteiger partial charge in [-0.05, 0) is 43.4 Å². The van der Waals surface area contributed by atoms with Gasteiger partial charge in [0.25, 0.3) is 0 Å². The highest BCUT2D eigenvalue weighted by Gasteiger charge is 2.15. The SMILES string of the molecule is CCOC(=O)/C=C/C=C/CC[C@@H](C)[C@H](O)c1ccc(OCCO)cc1. The lowest BCUT2D eigenvalue weighted by Gasteiger charge is -2.19. The lowest BCUT2D eigenvalue weighted by Crippen LogP contribution is -2.09. The van der Waals surface area contributed by atoms with Gasteiger partial charge >= 0.3 is 5.97 Å². The predicted molar refractivity (Wildman–Crippen MR) is 97.3 cm³/mol. The molecule has 0 aliphatic rings. The Labute approximate surface area is 149 Å². The number of aliphatic hydroxyl groups excluding tert-OH is 2. The predicted octanol–water partition coefficient (Wildman–Crippen LogP) is 3.18. The molecule has 2 N–H and O–H groups in total. The smallest absolute Gasteiger partial charge is 0.330 e. The van der Waals surface area contributed by atoms with Crippen LogP contribution < -0.4 is 4.74 Å². The van der Waals surface area contributed by atoms with Gasteiger partial charge in [0.05, 0.1) is 19.3 Å². The number of hydrogen-bond acceptors (Lipinski definition) is 5. The van der Waals surface area contributed by atoms with Gasteiger partial charge in [-0.3, -0.25) is 0 Å². The third-order valence-corrected chi connectivity index (χ3v) is 3.68. The maximum Gasteiger partial charge on any atom is 0.330 e. The highest BCUT2D eigenvalue weighted by atomic mass is 16.5. The zero-order valence-corrected chi connectivity index (χ0v) is 14.9. The third-order valence-electron chi connectivity index (χ3n) is 3.68. The topological polar surface area (TPSA) is 76.0 Å². The summed E-state index contributed by atoms with van der Waals surface area (Å²) in [4.78, 5) is 11.1. The second-order valence-electron chi connectivity index (χ2n) is 5.68. The summed E-state index contributed by atoms with van der Waals surface area (Å²) in [6, 6.07) is 7.26. The van der Waals surface area contributed by atoms with Crippen molar-refractivity contribution in [2.75, 3.05) is 19.8 Å². The van der Waals surface area contributed by atoms with Crippen LogP contribution >= 0.6 is 0 Å². The molecule has 0 radical (unpaired) electrons. The molecular weight excluding hydrogens is 320 g/mol. The molecule has 1 aromatic rings. The van der Waals surface area contributed by atoms with Crippen LogP contribution in [0.1, 0.15) is 38.4 Å². The summed E-state index contributed by atoms with van der Waals surface area (Å²) < 4.78 is 10.1. The number of rotatable bonds is 11. The molecule has 0 saturated heterocycles. The van der Waals surface area contributed by atoms with E-state index in [2.05, 4.69) is 0 Å². The zero-order valence-electron chi connectivity index (χ0n) is 14.9. The first kappa shape index (κ1) is 20.9. The van der Waals surface area contributed by atoms with E-state index < -0.39 is 6.10 Å². The number of esters is 1. The molecule has 0 saturated carbocycles. The van der Waals surface area contributed by atoms with Gasteiger partial charge in [-0.25, -0.2) is 4.79 Å². The minimum atomic E-state index is -0.546. The van der Waals surface area contributed by atoms with Crippen LogP contribution in [0.2, 0.25) is 0 Å². The van der Waals surface area contributed by atoms with Gasteiger partial charge in [-0.1, -0.05) is 37.3 Å². The Morgan fingerprint density at radius 3 is 2.60 bits per heavy atom. The fraction of sp³-hybridized carbons (Fsp3) is 0.450. The van der Waals surface area contributed by atoms with E-state index in [4.69, 9.17) is 14.6 Å². The Morgan fingerprint density at radius 1 is 1.24 bits per heavy atom. The normalized spacial score (nSPS) is 13.9. The Morgan fingerprint density at radius 2 is 1.96 bits per heavy atom. The number of hydrogen-bond donors (Lipinski definition) is 2. The monoisotopic (exact) mass is 348 g/mol. The molecule has 5 nitrogen and oxygen atoms in total. The van der Waals surface area contributed by atoms with E-state index in [1.807, 2.05) is 31.2 Å². The Balaban J connectivity index is 2.38. The molecular formula is C20H28O5. The van der Waals surface area contributed by atoms with E-state index in [9.17, 15) is 9.90 Å². The van der Waals surface area contributed by atoms with Gasteiger partial charge in [0, 0.05) is 6.08 Å². The zero-order chi connectivity index (χ0) is 18.5. The van der Waals surface area contributed by atoms with Gasteiger partial charge in [0.1, 0.15) is 12.4 Å². The van der Waals surface area contributed by atoms with E-state index in [0.29, 0.717) is 12.4 Å². The number of carbonyl (C=O) groups is 1. The van der Waals surface area contributed by atoms with Gasteiger partial charge in [0.15, 0.2) is 0 Å². The number of carbonyl (C=O) groups excluding carboxylic acids is 1. The second kappa shape index (κ2) is 12.3. The number of benzene rings is 1. The summed E-state index contributed by atoms with van der Waals surface area (Å²) in [6.45, 7) is 4.38. The number of ether oxygens (including phenoxy) is 2. The molecule has 0 heterocycles. The molecule has 2 atom stereocenters. The molecule has 1 aromatic carbocycles. The lowest BCUT2D eigenvalue weighted by atomic mass is 9.93. The maximum absolute atomic E-state index is 11.1. The number of aliphatic hydroxyl groups is 2. The van der Waals surface area contributed by atoms with Gasteiger partial charge in [-0.15, -0.1) is 0 Å². The summed E-state index contributed by atoms with van der Waals surface area (Å²) in [5.41, 5.74) is 0.843. The number of allylic oxidation sites excluding steroid dienone is 3. The maximum atomic E-state index is 11.1. The van der Waals surface area contributed by atoms with Crippen molar-refractivity contribution in [1.29, 1.82) is 0 Å². The van der Waals surface area contributed by atoms with Crippen LogP contribution in [-0.4, -0.2) is 36.0 Å². The Hall–Kier alpha value is -2.11. The lowest BCUT2D eigenvalue weighted by molar-refractivity contribution is -0.137. The van der Waals surface area contributed by atoms with Crippen molar-refractivity contribution in [3.05, 3.63) is 54.1 Å². The third kappa shape index (κ3) is 8.52. The van der Waals surface area contributed by atoms with Gasteiger partial charge in [0.2, 0.25) is 0 Å². The van der Waals surface area contributed by atoms with Crippen molar-refractivity contribution < 1.29 is 24.5 Å². The van der Waals surface area contributed by atoms with Crippen LogP contribution in [0.25, 0.3) is 0 Å². The van der Waals surface area contributed by atoms with E-state index in [1.165, 1.54) is 6.08 Å². The van der Waals surface area contributed by atoms with E-state index in [-0.39, 0.29) is 25.1 Å². The second-order valence-corrected chi connectivity index (χ2v) is 5.68. The van der Waals surface area contributed by atoms with Crippen molar-refractivity contribution in [3.8, 4) is 5.75 Å². The first-order valence-electron chi connectivity index (χ1n) is 8.60. The van der Waals surface area contributed by atoms with Crippen LogP contribution in [0.5, 0.6) is 5.75 Å². The molecule has 1 rings (SSSR count). The first-order valence-corrected chi connectivity index (χ1v) is 8.60. The van der Waals surface area contributed by atoms with Crippen molar-refractivity contribution in [1.82, 2.24) is 0 Å². The molecule has 5 heteroatoms. The van der Waals surface area contributed by atoms with Crippen LogP contribution in [0.4, 0.5) is 0 Å². The highest BCUT2D eigenvalue weighted by molar-refractivity contribution is 5.82. The van der Waals surface area contributed by atoms with E-state index in [1.54, 1.807) is 25.1 Å². The summed E-state index contributed by atoms with van der Waals surface area (Å²) >= 11 is 0. The first-order chi connectivity index (χ1) is 12.1. The molecule has 0 aliphatic carbocycles. The van der Waals surface area contributed by atoms with Crippen LogP contribution in [0.3, 0.4) is 0 Å². The van der Waals surface area contributed by atoms with Crippen molar-refractivity contribution >= 4 is 5.97 Å². The standard InChI is InChI=1S/C20H28O5/c1-3-24-19(22)9-7-5-4-6-8-16(2)20(23)17-10-12-18(13-11-17)25-15-14-21/h4-5,7,9-13,16,20-21,23H,3,6,8,14-15H2,1-2H3/b5-4+,9-7+/t16-,20+/m1/s1. The summed E-state index contributed by atoms with van der Waals surface area (Å²) in [7, 11) is 0. The molecule has 0 unspecified atom stereocenters. The fourth-order valence-electron chi connectivity index (χ4n) is 2.27. The van der Waals surface area contributed by atoms with E-state index >= 15 is 0 Å². The van der Waals surface area contributed by atoms with Crippen molar-refractivity contribution in [2.45, 2.75) is 32.8 Å². The Bertz CT molecular complexity index is 548. The summed E-state index contributed by atoms with van der Waals surface area (Å²) in [6.07, 6.45) is 7.91. The highest BCUT2D eigenvalue weighted by Crippen LogP contribution is 2.27.